The van der Waals surface area contributed by atoms with Crippen LogP contribution in [-0.2, 0) is 25.5 Å². The lowest BCUT2D eigenvalue weighted by Gasteiger charge is -2.18. The second-order valence-corrected chi connectivity index (χ2v) is 7.93. The molecule has 11 heteroatoms. The Morgan fingerprint density at radius 2 is 2.11 bits per heavy atom. The first-order valence-electron chi connectivity index (χ1n) is 10.8. The number of nitrogens with one attached hydrogen (secondary N) is 1. The SMILES string of the molecule is C=N/C=C(Cl)\C(C(=O)NC(CCOC[C@@H](O)CCc1ccc2cccnc2n1)C(=O)OC)=C(/C)F. The number of halogens is 2. The molecule has 0 spiro atoms. The van der Waals surface area contributed by atoms with Crippen LogP contribution in [0.4, 0.5) is 4.39 Å². The monoisotopic (exact) mass is 506 g/mol. The van der Waals surface area contributed by atoms with Crippen molar-refractivity contribution in [2.24, 2.45) is 4.99 Å². The number of esters is 1. The zero-order valence-electron chi connectivity index (χ0n) is 19.5. The number of methoxy groups -OCH3 is 1. The van der Waals surface area contributed by atoms with Crippen LogP contribution in [-0.4, -0.2) is 66.1 Å². The summed E-state index contributed by atoms with van der Waals surface area (Å²) < 4.78 is 24.0. The number of amides is 1. The van der Waals surface area contributed by atoms with Crippen molar-refractivity contribution < 1.29 is 28.6 Å². The largest absolute Gasteiger partial charge is 0.467 e. The van der Waals surface area contributed by atoms with Gasteiger partial charge in [-0.15, -0.1) is 0 Å². The highest BCUT2D eigenvalue weighted by Crippen LogP contribution is 2.20. The normalized spacial score (nSPS) is 14.1. The highest BCUT2D eigenvalue weighted by molar-refractivity contribution is 6.35. The first kappa shape index (κ1) is 28.0. The first-order valence-corrected chi connectivity index (χ1v) is 11.2. The second kappa shape index (κ2) is 14.2. The Balaban J connectivity index is 1.84. The molecule has 0 radical (unpaired) electrons. The number of rotatable bonds is 13. The van der Waals surface area contributed by atoms with Gasteiger partial charge in [0.05, 0.1) is 30.4 Å². The van der Waals surface area contributed by atoms with Crippen molar-refractivity contribution in [2.75, 3.05) is 20.3 Å². The van der Waals surface area contributed by atoms with Crippen molar-refractivity contribution in [1.82, 2.24) is 15.3 Å². The van der Waals surface area contributed by atoms with Crippen molar-refractivity contribution in [1.29, 1.82) is 0 Å². The number of aliphatic imine (C=N–C) groups is 1. The van der Waals surface area contributed by atoms with Gasteiger partial charge in [-0.3, -0.25) is 9.79 Å². The zero-order valence-corrected chi connectivity index (χ0v) is 20.3. The number of aliphatic hydroxyl groups is 1. The molecule has 2 heterocycles. The third kappa shape index (κ3) is 8.82. The molecule has 1 unspecified atom stereocenters. The fourth-order valence-corrected chi connectivity index (χ4v) is 3.43. The second-order valence-electron chi connectivity index (χ2n) is 7.53. The maximum atomic E-state index is 13.8. The van der Waals surface area contributed by atoms with Crippen molar-refractivity contribution >= 4 is 41.2 Å². The van der Waals surface area contributed by atoms with E-state index in [-0.39, 0.29) is 24.7 Å². The maximum Gasteiger partial charge on any atom is 0.328 e. The summed E-state index contributed by atoms with van der Waals surface area (Å²) in [6, 6.07) is 6.46. The van der Waals surface area contributed by atoms with Gasteiger partial charge in [-0.25, -0.2) is 19.2 Å². The molecule has 1 amide bonds. The third-order valence-electron chi connectivity index (χ3n) is 4.92. The Labute approximate surface area is 207 Å². The van der Waals surface area contributed by atoms with Gasteiger partial charge in [0, 0.05) is 36.5 Å². The number of allylic oxidation sites excluding steroid dienone is 1. The maximum absolute atomic E-state index is 13.8. The van der Waals surface area contributed by atoms with Crippen LogP contribution in [0.3, 0.4) is 0 Å². The molecule has 0 aliphatic heterocycles. The Bertz CT molecular complexity index is 1100. The number of carbonyl (C=O) groups is 2. The van der Waals surface area contributed by atoms with E-state index in [1.54, 1.807) is 6.20 Å². The predicted octanol–water partition coefficient (Wildman–Crippen LogP) is 3.01. The van der Waals surface area contributed by atoms with E-state index in [0.717, 1.165) is 31.3 Å². The summed E-state index contributed by atoms with van der Waals surface area (Å²) in [4.78, 5) is 36.7. The number of hydrogen-bond acceptors (Lipinski definition) is 8. The van der Waals surface area contributed by atoms with E-state index < -0.39 is 35.4 Å². The van der Waals surface area contributed by atoms with Crippen LogP contribution in [0.5, 0.6) is 0 Å². The van der Waals surface area contributed by atoms with Crippen LogP contribution in [0, 0.1) is 0 Å². The summed E-state index contributed by atoms with van der Waals surface area (Å²) in [5.74, 6) is -2.51. The van der Waals surface area contributed by atoms with E-state index in [9.17, 15) is 19.1 Å². The van der Waals surface area contributed by atoms with E-state index in [2.05, 4.69) is 27.0 Å². The highest BCUT2D eigenvalue weighted by atomic mass is 35.5. The van der Waals surface area contributed by atoms with E-state index in [1.807, 2.05) is 24.3 Å². The van der Waals surface area contributed by atoms with Crippen LogP contribution >= 0.6 is 11.6 Å². The van der Waals surface area contributed by atoms with Gasteiger partial charge in [0.2, 0.25) is 0 Å². The quantitative estimate of drug-likeness (QED) is 0.141. The molecular formula is C24H28ClFN4O5. The van der Waals surface area contributed by atoms with Gasteiger partial charge in [-0.2, -0.15) is 0 Å². The number of nitrogens with zero attached hydrogens (tertiary/aromatic N) is 3. The van der Waals surface area contributed by atoms with E-state index >= 15 is 0 Å². The molecule has 2 aromatic heterocycles. The van der Waals surface area contributed by atoms with E-state index in [4.69, 9.17) is 21.1 Å². The van der Waals surface area contributed by atoms with Crippen molar-refractivity contribution in [2.45, 2.75) is 38.3 Å². The number of ether oxygens (including phenoxy) is 2. The predicted molar refractivity (Wildman–Crippen MR) is 131 cm³/mol. The van der Waals surface area contributed by atoms with Crippen LogP contribution in [0.1, 0.15) is 25.5 Å². The summed E-state index contributed by atoms with van der Waals surface area (Å²) >= 11 is 5.89. The summed E-state index contributed by atoms with van der Waals surface area (Å²) in [6.07, 6.45) is 2.90. The zero-order chi connectivity index (χ0) is 25.8. The summed E-state index contributed by atoms with van der Waals surface area (Å²) in [5, 5.41) is 13.3. The molecular weight excluding hydrogens is 479 g/mol. The molecule has 2 atom stereocenters. The molecule has 0 fully saturated rings. The van der Waals surface area contributed by atoms with Crippen molar-refractivity contribution in [3.63, 3.8) is 0 Å². The molecule has 0 aliphatic carbocycles. The molecule has 2 N–H and O–H groups in total. The average molecular weight is 507 g/mol. The molecule has 0 aliphatic rings. The lowest BCUT2D eigenvalue weighted by Crippen LogP contribution is -2.43. The standard InChI is InChI=1S/C24H28ClFN4O5/c1-15(26)21(19(25)13-27-2)23(32)30-20(24(33)34-3)10-12-35-14-18(31)9-8-17-7-6-16-5-4-11-28-22(16)29-17/h4-7,11,13,18,20,31H,2,8-10,12,14H2,1,3H3,(H,30,32)/b19-13+,21-15-/t18-,20?/m0/s1. The molecule has 35 heavy (non-hydrogen) atoms. The fourth-order valence-electron chi connectivity index (χ4n) is 3.15. The molecule has 188 valence electrons. The lowest BCUT2D eigenvalue weighted by atomic mass is 10.1. The number of aromatic nitrogens is 2. The average Bonchev–Trinajstić information content (AvgIpc) is 2.83. The molecule has 0 bridgehead atoms. The van der Waals surface area contributed by atoms with Gasteiger partial charge >= 0.3 is 5.97 Å². The van der Waals surface area contributed by atoms with Gasteiger partial charge in [0.1, 0.15) is 11.9 Å². The Morgan fingerprint density at radius 1 is 1.34 bits per heavy atom. The molecule has 0 saturated carbocycles. The van der Waals surface area contributed by atoms with Gasteiger partial charge in [0.15, 0.2) is 5.65 Å². The number of aryl methyl sites for hydroxylation is 1. The number of carbonyl (C=O) groups excluding carboxylic acids is 2. The number of fused-ring (bicyclic) bond motifs is 1. The highest BCUT2D eigenvalue weighted by Gasteiger charge is 2.25. The molecule has 2 rings (SSSR count). The van der Waals surface area contributed by atoms with Crippen LogP contribution < -0.4 is 5.32 Å². The molecule has 0 aromatic carbocycles. The molecule has 2 aromatic rings. The smallest absolute Gasteiger partial charge is 0.328 e. The summed E-state index contributed by atoms with van der Waals surface area (Å²) in [6.45, 7) is 4.30. The van der Waals surface area contributed by atoms with Gasteiger partial charge in [0.25, 0.3) is 5.91 Å². The third-order valence-corrected chi connectivity index (χ3v) is 5.21. The lowest BCUT2D eigenvalue weighted by molar-refractivity contribution is -0.145. The minimum absolute atomic E-state index is 0.0159. The summed E-state index contributed by atoms with van der Waals surface area (Å²) in [7, 11) is 1.16. The Hall–Kier alpha value is -3.21. The van der Waals surface area contributed by atoms with Crippen molar-refractivity contribution in [3.8, 4) is 0 Å². The minimum atomic E-state index is -1.12. The van der Waals surface area contributed by atoms with Gasteiger partial charge < -0.3 is 19.9 Å². The van der Waals surface area contributed by atoms with Crippen LogP contribution in [0.2, 0.25) is 0 Å². The van der Waals surface area contributed by atoms with Gasteiger partial charge in [-0.05, 0) is 50.7 Å². The number of pyridine rings is 2. The van der Waals surface area contributed by atoms with Crippen LogP contribution in [0.15, 0.2) is 58.1 Å². The number of aliphatic hydroxyl groups excluding tert-OH is 1. The molecule has 0 saturated heterocycles. The van der Waals surface area contributed by atoms with Crippen LogP contribution in [0.25, 0.3) is 11.0 Å². The topological polar surface area (TPSA) is 123 Å². The minimum Gasteiger partial charge on any atom is -0.467 e. The first-order chi connectivity index (χ1) is 16.8. The Morgan fingerprint density at radius 3 is 2.80 bits per heavy atom. The number of hydrogen-bond donors (Lipinski definition) is 2. The van der Waals surface area contributed by atoms with Gasteiger partial charge in [-0.1, -0.05) is 11.6 Å². The van der Waals surface area contributed by atoms with E-state index in [0.29, 0.717) is 18.5 Å². The van der Waals surface area contributed by atoms with E-state index in [1.165, 1.54) is 0 Å². The fraction of sp³-hybridized carbons (Fsp3) is 0.375. The summed E-state index contributed by atoms with van der Waals surface area (Å²) in [5.41, 5.74) is 0.974. The Kier molecular flexibility index (Phi) is 11.4. The molecule has 9 nitrogen and oxygen atoms in total. The van der Waals surface area contributed by atoms with Crippen molar-refractivity contribution in [3.05, 3.63) is 58.8 Å².